The van der Waals surface area contributed by atoms with Gasteiger partial charge in [-0.05, 0) is 84.6 Å². The number of fused-ring (bicyclic) bond motifs is 5. The molecule has 56 heavy (non-hydrogen) atoms. The maximum atomic E-state index is 10.4. The summed E-state index contributed by atoms with van der Waals surface area (Å²) in [6.07, 6.45) is 1.98. The maximum Gasteiger partial charge on any atom is 0.0595 e. The van der Waals surface area contributed by atoms with Crippen LogP contribution in [0.4, 0.5) is 11.4 Å². The molecule has 0 radical (unpaired) electrons. The summed E-state index contributed by atoms with van der Waals surface area (Å²) in [5.41, 5.74) is 7.46. The molecule has 0 fully saturated rings. The summed E-state index contributed by atoms with van der Waals surface area (Å²) in [5.74, 6) is -1.09. The minimum absolute atomic E-state index is 0.179. The van der Waals surface area contributed by atoms with Crippen LogP contribution in [0.15, 0.2) is 231 Å². The molecule has 0 aromatic heterocycles. The van der Waals surface area contributed by atoms with E-state index in [1.54, 1.807) is 0 Å². The SMILES string of the molecule is [2H]C=C([2H])C1c2ccccc2C(c2ccccc2)(c2ccccc2)C1/C([2H])=C/N(c1ccc(-c2cc3ccccc3c3ccccc23)cc1)c1cccc2ccccc12. The Labute approximate surface area is 333 Å². The lowest BCUT2D eigenvalue weighted by atomic mass is 9.64. The van der Waals surface area contributed by atoms with Crippen LogP contribution in [-0.4, -0.2) is 0 Å². The van der Waals surface area contributed by atoms with Gasteiger partial charge in [-0.15, -0.1) is 6.55 Å². The van der Waals surface area contributed by atoms with Crippen molar-refractivity contribution in [2.24, 2.45) is 5.92 Å². The van der Waals surface area contributed by atoms with Crippen molar-refractivity contribution in [2.45, 2.75) is 11.3 Å². The van der Waals surface area contributed by atoms with E-state index in [2.05, 4.69) is 193 Å². The predicted octanol–water partition coefficient (Wildman–Crippen LogP) is 14.4. The Hall–Kier alpha value is -6.96. The first kappa shape index (κ1) is 30.4. The molecular weight excluding hydrogens is 675 g/mol. The van der Waals surface area contributed by atoms with E-state index in [0.717, 1.165) is 56.5 Å². The summed E-state index contributed by atoms with van der Waals surface area (Å²) < 4.78 is 28.2. The van der Waals surface area contributed by atoms with Crippen molar-refractivity contribution in [1.82, 2.24) is 0 Å². The zero-order valence-electron chi connectivity index (χ0n) is 33.9. The second kappa shape index (κ2) is 14.0. The molecule has 0 N–H and O–H groups in total. The Kier molecular flexibility index (Phi) is 7.61. The molecule has 2 unspecified atom stereocenters. The van der Waals surface area contributed by atoms with Crippen molar-refractivity contribution in [3.05, 3.63) is 253 Å². The first-order valence-electron chi connectivity index (χ1n) is 20.9. The molecule has 0 amide bonds. The van der Waals surface area contributed by atoms with E-state index in [1.807, 2.05) is 24.4 Å². The fourth-order valence-electron chi connectivity index (χ4n) is 9.32. The normalized spacial score (nSPS) is 17.3. The maximum absolute atomic E-state index is 10.4. The van der Waals surface area contributed by atoms with Gasteiger partial charge in [0.05, 0.1) is 15.2 Å². The van der Waals surface area contributed by atoms with E-state index < -0.39 is 17.3 Å². The van der Waals surface area contributed by atoms with Gasteiger partial charge < -0.3 is 4.90 Å². The van der Waals surface area contributed by atoms with Crippen molar-refractivity contribution in [2.75, 3.05) is 4.90 Å². The number of allylic oxidation sites excluding steroid dienone is 2. The Bertz CT molecular complexity index is 3000. The van der Waals surface area contributed by atoms with Crippen LogP contribution < -0.4 is 4.90 Å². The lowest BCUT2D eigenvalue weighted by molar-refractivity contribution is 0.459. The number of hydrogen-bond acceptors (Lipinski definition) is 1. The molecule has 1 aliphatic carbocycles. The summed E-state index contributed by atoms with van der Waals surface area (Å²) in [6, 6.07) is 72.7. The van der Waals surface area contributed by atoms with E-state index in [4.69, 9.17) is 1.37 Å². The van der Waals surface area contributed by atoms with Gasteiger partial charge in [0.15, 0.2) is 0 Å². The fourth-order valence-corrected chi connectivity index (χ4v) is 9.32. The average Bonchev–Trinajstić information content (AvgIpc) is 3.63. The van der Waals surface area contributed by atoms with Crippen LogP contribution in [0.2, 0.25) is 0 Å². The highest BCUT2D eigenvalue weighted by atomic mass is 15.1. The van der Waals surface area contributed by atoms with Crippen LogP contribution in [0, 0.1) is 5.92 Å². The van der Waals surface area contributed by atoms with Gasteiger partial charge in [0.1, 0.15) is 0 Å². The molecule has 10 rings (SSSR count). The third-order valence-electron chi connectivity index (χ3n) is 11.8. The van der Waals surface area contributed by atoms with Crippen molar-refractivity contribution >= 4 is 43.7 Å². The van der Waals surface area contributed by atoms with E-state index in [1.165, 1.54) is 27.1 Å². The number of nitrogens with zero attached hydrogens (tertiary/aromatic N) is 1. The summed E-state index contributed by atoms with van der Waals surface area (Å²) >= 11 is 0. The quantitative estimate of drug-likeness (QED) is 0.112. The minimum atomic E-state index is -0.821. The Morgan fingerprint density at radius 1 is 0.536 bits per heavy atom. The summed E-state index contributed by atoms with van der Waals surface area (Å²) in [7, 11) is 0. The zero-order valence-corrected chi connectivity index (χ0v) is 30.9. The zero-order chi connectivity index (χ0) is 39.9. The molecule has 1 nitrogen and oxygen atoms in total. The van der Waals surface area contributed by atoms with Crippen molar-refractivity contribution in [3.63, 3.8) is 0 Å². The molecule has 266 valence electrons. The largest absolute Gasteiger partial charge is 0.317 e. The molecule has 0 saturated heterocycles. The summed E-state index contributed by atoms with van der Waals surface area (Å²) in [6.45, 7) is 1.16. The highest BCUT2D eigenvalue weighted by Gasteiger charge is 2.52. The molecule has 0 bridgehead atoms. The van der Waals surface area contributed by atoms with Gasteiger partial charge in [-0.1, -0.05) is 194 Å². The molecule has 9 aromatic rings. The second-order valence-corrected chi connectivity index (χ2v) is 14.7. The van der Waals surface area contributed by atoms with Gasteiger partial charge >= 0.3 is 0 Å². The van der Waals surface area contributed by atoms with Crippen LogP contribution >= 0.6 is 0 Å². The smallest absolute Gasteiger partial charge is 0.0595 e. The van der Waals surface area contributed by atoms with Crippen LogP contribution in [0.1, 0.15) is 32.3 Å². The van der Waals surface area contributed by atoms with E-state index in [-0.39, 0.29) is 6.05 Å². The van der Waals surface area contributed by atoms with Gasteiger partial charge in [-0.2, -0.15) is 0 Å². The number of benzene rings is 9. The van der Waals surface area contributed by atoms with E-state index in [0.29, 0.717) is 6.05 Å². The average molecular weight is 719 g/mol. The fraction of sp³-hybridized carbons (Fsp3) is 0.0545. The lowest BCUT2D eigenvalue weighted by Crippen LogP contribution is -2.34. The topological polar surface area (TPSA) is 3.24 Å². The molecule has 0 saturated carbocycles. The van der Waals surface area contributed by atoms with Crippen LogP contribution in [0.3, 0.4) is 0 Å². The molecule has 2 atom stereocenters. The van der Waals surface area contributed by atoms with Crippen LogP contribution in [-0.2, 0) is 5.41 Å². The standard InChI is InChI=1S/C55H41N/c1-2-45-50-29-15-16-30-52(50)55(42-21-5-3-6-22-42,43-23-7-4-8-24-43)53(45)36-37-56(54-31-17-20-39-18-9-12-26-47(39)54)44-34-32-40(33-35-44)51-38-41-19-10-11-25-46(41)48-27-13-14-28-49(48)51/h2-38,45,53H,1H2/b37-36+/i1D,2D,36D/b2-1?,37-36+. The lowest BCUT2D eigenvalue weighted by Gasteiger charge is -2.38. The predicted molar refractivity (Wildman–Crippen MR) is 238 cm³/mol. The summed E-state index contributed by atoms with van der Waals surface area (Å²) in [4.78, 5) is 2.15. The van der Waals surface area contributed by atoms with Gasteiger partial charge in [-0.25, -0.2) is 0 Å². The first-order chi connectivity index (χ1) is 29.1. The van der Waals surface area contributed by atoms with Crippen LogP contribution in [0.25, 0.3) is 43.4 Å². The molecule has 0 heterocycles. The highest BCUT2D eigenvalue weighted by Crippen LogP contribution is 2.58. The van der Waals surface area contributed by atoms with Gasteiger partial charge in [-0.3, -0.25) is 0 Å². The molecule has 0 spiro atoms. The second-order valence-electron chi connectivity index (χ2n) is 14.7. The van der Waals surface area contributed by atoms with E-state index >= 15 is 0 Å². The molecule has 1 aliphatic rings. The Balaban J connectivity index is 1.20. The van der Waals surface area contributed by atoms with Crippen molar-refractivity contribution < 1.29 is 4.11 Å². The van der Waals surface area contributed by atoms with Crippen LogP contribution in [0.5, 0.6) is 0 Å². The monoisotopic (exact) mass is 718 g/mol. The van der Waals surface area contributed by atoms with Crippen molar-refractivity contribution in [3.8, 4) is 11.1 Å². The Morgan fingerprint density at radius 3 is 1.86 bits per heavy atom. The number of hydrogen-bond donors (Lipinski definition) is 0. The molecule has 0 aliphatic heterocycles. The Morgan fingerprint density at radius 2 is 1.12 bits per heavy atom. The van der Waals surface area contributed by atoms with Gasteiger partial charge in [0.2, 0.25) is 0 Å². The third kappa shape index (κ3) is 5.39. The van der Waals surface area contributed by atoms with E-state index in [9.17, 15) is 2.74 Å². The van der Waals surface area contributed by atoms with Crippen molar-refractivity contribution in [1.29, 1.82) is 0 Å². The number of anilines is 2. The third-order valence-corrected chi connectivity index (χ3v) is 11.8. The molecular formula is C55H41N. The number of rotatable bonds is 8. The first-order valence-corrected chi connectivity index (χ1v) is 19.3. The molecule has 9 aromatic carbocycles. The highest BCUT2D eigenvalue weighted by molar-refractivity contribution is 6.13. The summed E-state index contributed by atoms with van der Waals surface area (Å²) in [5, 5.41) is 7.05. The minimum Gasteiger partial charge on any atom is -0.317 e. The van der Waals surface area contributed by atoms with Gasteiger partial charge in [0.25, 0.3) is 0 Å². The molecule has 1 heteroatoms. The van der Waals surface area contributed by atoms with Gasteiger partial charge in [0, 0.05) is 29.1 Å².